The second-order valence-corrected chi connectivity index (χ2v) is 5.28. The van der Waals surface area contributed by atoms with Gasteiger partial charge in [0.25, 0.3) is 0 Å². The van der Waals surface area contributed by atoms with Crippen LogP contribution in [-0.2, 0) is 0 Å². The fourth-order valence-corrected chi connectivity index (χ4v) is 3.20. The standard InChI is InChI=1S/C14H18N4/c1-11-9-17-7-3-5-13(17)10-18(11)14-12(8-15)4-2-6-16-14/h2,4,6,11,13H,3,5,7,9-10H2,1H3. The lowest BCUT2D eigenvalue weighted by Crippen LogP contribution is -2.55. The van der Waals surface area contributed by atoms with Crippen LogP contribution in [-0.4, -0.2) is 41.6 Å². The van der Waals surface area contributed by atoms with E-state index in [0.717, 1.165) is 18.9 Å². The molecule has 0 bridgehead atoms. The molecule has 2 atom stereocenters. The number of hydrogen-bond donors (Lipinski definition) is 0. The van der Waals surface area contributed by atoms with Crippen molar-refractivity contribution < 1.29 is 0 Å². The van der Waals surface area contributed by atoms with Crippen molar-refractivity contribution in [3.8, 4) is 6.07 Å². The number of fused-ring (bicyclic) bond motifs is 1. The molecule has 0 amide bonds. The molecule has 94 valence electrons. The first-order valence-corrected chi connectivity index (χ1v) is 6.65. The minimum absolute atomic E-state index is 0.432. The van der Waals surface area contributed by atoms with E-state index in [9.17, 15) is 5.26 Å². The zero-order valence-corrected chi connectivity index (χ0v) is 10.7. The van der Waals surface area contributed by atoms with E-state index in [1.54, 1.807) is 6.20 Å². The quantitative estimate of drug-likeness (QED) is 0.750. The third kappa shape index (κ3) is 1.85. The number of anilines is 1. The van der Waals surface area contributed by atoms with Gasteiger partial charge in [-0.1, -0.05) is 0 Å². The van der Waals surface area contributed by atoms with Crippen LogP contribution < -0.4 is 4.90 Å². The maximum Gasteiger partial charge on any atom is 0.146 e. The van der Waals surface area contributed by atoms with Crippen LogP contribution in [0.15, 0.2) is 18.3 Å². The lowest BCUT2D eigenvalue weighted by molar-refractivity contribution is 0.202. The number of pyridine rings is 1. The van der Waals surface area contributed by atoms with Crippen LogP contribution >= 0.6 is 0 Å². The van der Waals surface area contributed by atoms with Gasteiger partial charge in [0.15, 0.2) is 0 Å². The first-order chi connectivity index (χ1) is 8.79. The Hall–Kier alpha value is -1.60. The monoisotopic (exact) mass is 242 g/mol. The van der Waals surface area contributed by atoms with Gasteiger partial charge in [-0.15, -0.1) is 0 Å². The topological polar surface area (TPSA) is 43.2 Å². The van der Waals surface area contributed by atoms with Crippen LogP contribution in [0.5, 0.6) is 0 Å². The van der Waals surface area contributed by atoms with Gasteiger partial charge in [-0.05, 0) is 38.4 Å². The molecule has 4 nitrogen and oxygen atoms in total. The Labute approximate surface area is 108 Å². The third-order valence-electron chi connectivity index (χ3n) is 4.12. The molecule has 2 unspecified atom stereocenters. The summed E-state index contributed by atoms with van der Waals surface area (Å²) in [4.78, 5) is 9.31. The zero-order valence-electron chi connectivity index (χ0n) is 10.7. The molecule has 3 rings (SSSR count). The molecule has 1 aromatic rings. The summed E-state index contributed by atoms with van der Waals surface area (Å²) in [5.74, 6) is 0.860. The summed E-state index contributed by atoms with van der Waals surface area (Å²) in [5, 5.41) is 9.20. The number of piperazine rings is 1. The largest absolute Gasteiger partial charge is 0.350 e. The maximum atomic E-state index is 9.20. The zero-order chi connectivity index (χ0) is 12.5. The van der Waals surface area contributed by atoms with E-state index in [4.69, 9.17) is 0 Å². The lowest BCUT2D eigenvalue weighted by atomic mass is 10.1. The second-order valence-electron chi connectivity index (χ2n) is 5.28. The van der Waals surface area contributed by atoms with E-state index < -0.39 is 0 Å². The Morgan fingerprint density at radius 3 is 3.17 bits per heavy atom. The van der Waals surface area contributed by atoms with Crippen LogP contribution in [0.25, 0.3) is 0 Å². The fourth-order valence-electron chi connectivity index (χ4n) is 3.20. The third-order valence-corrected chi connectivity index (χ3v) is 4.12. The van der Waals surface area contributed by atoms with E-state index in [2.05, 4.69) is 27.8 Å². The van der Waals surface area contributed by atoms with Crippen molar-refractivity contribution in [1.82, 2.24) is 9.88 Å². The average Bonchev–Trinajstić information content (AvgIpc) is 2.84. The van der Waals surface area contributed by atoms with Gasteiger partial charge in [0.1, 0.15) is 11.9 Å². The molecule has 0 aromatic carbocycles. The number of nitriles is 1. The van der Waals surface area contributed by atoms with Crippen molar-refractivity contribution in [3.05, 3.63) is 23.9 Å². The highest BCUT2D eigenvalue weighted by Gasteiger charge is 2.35. The van der Waals surface area contributed by atoms with Crippen LogP contribution in [0.4, 0.5) is 5.82 Å². The maximum absolute atomic E-state index is 9.20. The van der Waals surface area contributed by atoms with E-state index in [1.165, 1.54) is 19.4 Å². The Bertz CT molecular complexity index is 479. The molecule has 18 heavy (non-hydrogen) atoms. The summed E-state index contributed by atoms with van der Waals surface area (Å²) >= 11 is 0. The summed E-state index contributed by atoms with van der Waals surface area (Å²) in [6, 6.07) is 7.02. The van der Waals surface area contributed by atoms with Crippen LogP contribution in [0.1, 0.15) is 25.3 Å². The number of nitrogens with zero attached hydrogens (tertiary/aromatic N) is 4. The van der Waals surface area contributed by atoms with Gasteiger partial charge in [-0.3, -0.25) is 4.90 Å². The van der Waals surface area contributed by atoms with E-state index in [-0.39, 0.29) is 0 Å². The molecule has 0 radical (unpaired) electrons. The number of hydrogen-bond acceptors (Lipinski definition) is 4. The summed E-state index contributed by atoms with van der Waals surface area (Å²) in [6.07, 6.45) is 4.36. The molecule has 0 aliphatic carbocycles. The van der Waals surface area contributed by atoms with Crippen molar-refractivity contribution in [2.75, 3.05) is 24.5 Å². The summed E-state index contributed by atoms with van der Waals surface area (Å²) in [7, 11) is 0. The normalized spacial score (nSPS) is 27.9. The van der Waals surface area contributed by atoms with Crippen LogP contribution in [0.3, 0.4) is 0 Å². The predicted molar refractivity (Wildman–Crippen MR) is 70.4 cm³/mol. The van der Waals surface area contributed by atoms with Crippen molar-refractivity contribution in [1.29, 1.82) is 5.26 Å². The number of rotatable bonds is 1. The van der Waals surface area contributed by atoms with E-state index in [0.29, 0.717) is 17.6 Å². The summed E-state index contributed by atoms with van der Waals surface area (Å²) in [5.41, 5.74) is 0.691. The van der Waals surface area contributed by atoms with Gasteiger partial charge in [0.2, 0.25) is 0 Å². The van der Waals surface area contributed by atoms with Gasteiger partial charge in [-0.2, -0.15) is 5.26 Å². The molecule has 2 saturated heterocycles. The number of aromatic nitrogens is 1. The first-order valence-electron chi connectivity index (χ1n) is 6.65. The Kier molecular flexibility index (Phi) is 2.92. The molecule has 3 heterocycles. The average molecular weight is 242 g/mol. The Morgan fingerprint density at radius 2 is 2.33 bits per heavy atom. The highest BCUT2D eigenvalue weighted by atomic mass is 15.3. The van der Waals surface area contributed by atoms with Crippen LogP contribution in [0.2, 0.25) is 0 Å². The molecule has 2 fully saturated rings. The molecule has 2 aliphatic rings. The molecule has 1 aromatic heterocycles. The molecule has 0 spiro atoms. The molecule has 4 heteroatoms. The summed E-state index contributed by atoms with van der Waals surface area (Å²) < 4.78 is 0. The lowest BCUT2D eigenvalue weighted by Gasteiger charge is -2.43. The smallest absolute Gasteiger partial charge is 0.146 e. The molecule has 2 aliphatic heterocycles. The first kappa shape index (κ1) is 11.5. The van der Waals surface area contributed by atoms with Crippen molar-refractivity contribution in [2.24, 2.45) is 0 Å². The molecule has 0 saturated carbocycles. The fraction of sp³-hybridized carbons (Fsp3) is 0.571. The van der Waals surface area contributed by atoms with E-state index >= 15 is 0 Å². The molecular weight excluding hydrogens is 224 g/mol. The SMILES string of the molecule is CC1CN2CCCC2CN1c1ncccc1C#N. The highest BCUT2D eigenvalue weighted by molar-refractivity contribution is 5.54. The van der Waals surface area contributed by atoms with E-state index in [1.807, 2.05) is 12.1 Å². The van der Waals surface area contributed by atoms with Crippen molar-refractivity contribution >= 4 is 5.82 Å². The Balaban J connectivity index is 1.89. The second kappa shape index (κ2) is 4.58. The minimum atomic E-state index is 0.432. The van der Waals surface area contributed by atoms with Gasteiger partial charge >= 0.3 is 0 Å². The highest BCUT2D eigenvalue weighted by Crippen LogP contribution is 2.28. The minimum Gasteiger partial charge on any atom is -0.350 e. The summed E-state index contributed by atoms with van der Waals surface area (Å²) in [6.45, 7) is 5.56. The van der Waals surface area contributed by atoms with Crippen molar-refractivity contribution in [3.63, 3.8) is 0 Å². The Morgan fingerprint density at radius 1 is 1.44 bits per heavy atom. The van der Waals surface area contributed by atoms with Crippen molar-refractivity contribution in [2.45, 2.75) is 31.8 Å². The van der Waals surface area contributed by atoms with Crippen LogP contribution in [0, 0.1) is 11.3 Å². The molecule has 0 N–H and O–H groups in total. The van der Waals surface area contributed by atoms with Gasteiger partial charge < -0.3 is 4.90 Å². The predicted octanol–water partition coefficient (Wildman–Crippen LogP) is 1.63. The van der Waals surface area contributed by atoms with Gasteiger partial charge in [0, 0.05) is 31.4 Å². The molecular formula is C14H18N4. The van der Waals surface area contributed by atoms with Gasteiger partial charge in [0.05, 0.1) is 5.56 Å². The van der Waals surface area contributed by atoms with Gasteiger partial charge in [-0.25, -0.2) is 4.98 Å².